The molecule has 4 nitrogen and oxygen atoms in total. The SMILES string of the molecule is CS(=O)(=O)OCc1ccc(Br)c(C#N)c1. The fraction of sp³-hybridized carbons (Fsp3) is 0.222. The second kappa shape index (κ2) is 4.75. The Morgan fingerprint density at radius 1 is 1.53 bits per heavy atom. The predicted molar refractivity (Wildman–Crippen MR) is 58.5 cm³/mol. The van der Waals surface area contributed by atoms with Gasteiger partial charge in [0, 0.05) is 4.47 Å². The van der Waals surface area contributed by atoms with Crippen molar-refractivity contribution in [3.05, 3.63) is 33.8 Å². The van der Waals surface area contributed by atoms with Gasteiger partial charge in [-0.3, -0.25) is 4.18 Å². The fourth-order valence-corrected chi connectivity index (χ4v) is 1.61. The molecule has 1 rings (SSSR count). The quantitative estimate of drug-likeness (QED) is 0.796. The summed E-state index contributed by atoms with van der Waals surface area (Å²) in [6.45, 7) is -0.0548. The molecular weight excluding hydrogens is 282 g/mol. The molecule has 0 N–H and O–H groups in total. The molecule has 0 bridgehead atoms. The third-order valence-electron chi connectivity index (χ3n) is 1.59. The van der Waals surface area contributed by atoms with Crippen molar-refractivity contribution >= 4 is 26.0 Å². The number of nitriles is 1. The second-order valence-electron chi connectivity index (χ2n) is 2.89. The summed E-state index contributed by atoms with van der Waals surface area (Å²) in [6.07, 6.45) is 0.983. The van der Waals surface area contributed by atoms with Gasteiger partial charge < -0.3 is 0 Å². The Labute approximate surface area is 96.7 Å². The van der Waals surface area contributed by atoms with Gasteiger partial charge in [-0.05, 0) is 33.6 Å². The van der Waals surface area contributed by atoms with Crippen LogP contribution >= 0.6 is 15.9 Å². The number of nitrogens with zero attached hydrogens (tertiary/aromatic N) is 1. The van der Waals surface area contributed by atoms with Gasteiger partial charge in [0.1, 0.15) is 6.07 Å². The number of rotatable bonds is 3. The van der Waals surface area contributed by atoms with Gasteiger partial charge in [0.05, 0.1) is 18.4 Å². The van der Waals surface area contributed by atoms with Crippen LogP contribution in [0.3, 0.4) is 0 Å². The number of benzene rings is 1. The Bertz CT molecular complexity index is 505. The Kier molecular flexibility index (Phi) is 3.85. The lowest BCUT2D eigenvalue weighted by Crippen LogP contribution is -2.02. The molecule has 0 aromatic heterocycles. The van der Waals surface area contributed by atoms with Crippen molar-refractivity contribution in [2.24, 2.45) is 0 Å². The van der Waals surface area contributed by atoms with E-state index in [0.717, 1.165) is 6.26 Å². The molecule has 0 aliphatic rings. The van der Waals surface area contributed by atoms with Gasteiger partial charge >= 0.3 is 0 Å². The molecule has 6 heteroatoms. The zero-order valence-electron chi connectivity index (χ0n) is 7.90. The number of halogens is 1. The lowest BCUT2D eigenvalue weighted by molar-refractivity contribution is 0.311. The van der Waals surface area contributed by atoms with E-state index in [2.05, 4.69) is 20.1 Å². The molecule has 0 amide bonds. The molecule has 1 aromatic rings. The molecule has 80 valence electrons. The Morgan fingerprint density at radius 2 is 2.20 bits per heavy atom. The summed E-state index contributed by atoms with van der Waals surface area (Å²) in [6, 6.07) is 6.93. The Balaban J connectivity index is 2.85. The van der Waals surface area contributed by atoms with E-state index in [1.807, 2.05) is 6.07 Å². The predicted octanol–water partition coefficient (Wildman–Crippen LogP) is 1.80. The first-order valence-electron chi connectivity index (χ1n) is 3.95. The van der Waals surface area contributed by atoms with Gasteiger partial charge in [-0.15, -0.1) is 0 Å². The lowest BCUT2D eigenvalue weighted by Gasteiger charge is -2.02. The molecule has 0 unspecified atom stereocenters. The topological polar surface area (TPSA) is 67.2 Å². The minimum Gasteiger partial charge on any atom is -0.265 e. The van der Waals surface area contributed by atoms with Crippen molar-refractivity contribution in [3.8, 4) is 6.07 Å². The van der Waals surface area contributed by atoms with Crippen LogP contribution in [0.25, 0.3) is 0 Å². The van der Waals surface area contributed by atoms with E-state index in [0.29, 0.717) is 15.6 Å². The average molecular weight is 290 g/mol. The van der Waals surface area contributed by atoms with Gasteiger partial charge in [-0.2, -0.15) is 13.7 Å². The van der Waals surface area contributed by atoms with Crippen LogP contribution in [-0.2, 0) is 20.9 Å². The molecule has 0 aliphatic heterocycles. The molecule has 0 atom stereocenters. The highest BCUT2D eigenvalue weighted by atomic mass is 79.9. The minimum atomic E-state index is -3.45. The van der Waals surface area contributed by atoms with Crippen molar-refractivity contribution < 1.29 is 12.6 Å². The third kappa shape index (κ3) is 4.00. The van der Waals surface area contributed by atoms with Crippen LogP contribution in [0.4, 0.5) is 0 Å². The van der Waals surface area contributed by atoms with Crippen LogP contribution < -0.4 is 0 Å². The summed E-state index contributed by atoms with van der Waals surface area (Å²) in [4.78, 5) is 0. The van der Waals surface area contributed by atoms with Crippen LogP contribution in [0.5, 0.6) is 0 Å². The molecule has 15 heavy (non-hydrogen) atoms. The molecule has 0 spiro atoms. The van der Waals surface area contributed by atoms with Crippen LogP contribution in [0.1, 0.15) is 11.1 Å². The zero-order valence-corrected chi connectivity index (χ0v) is 10.3. The zero-order chi connectivity index (χ0) is 11.5. The highest BCUT2D eigenvalue weighted by Gasteiger charge is 2.05. The first-order valence-corrected chi connectivity index (χ1v) is 6.56. The summed E-state index contributed by atoms with van der Waals surface area (Å²) in [5.74, 6) is 0. The van der Waals surface area contributed by atoms with Gasteiger partial charge in [0.15, 0.2) is 0 Å². The van der Waals surface area contributed by atoms with Crippen LogP contribution in [-0.4, -0.2) is 14.7 Å². The Hall–Kier alpha value is -0.900. The van der Waals surface area contributed by atoms with Gasteiger partial charge in [-0.1, -0.05) is 6.07 Å². The standard InChI is InChI=1S/C9H8BrNO3S/c1-15(12,13)14-6-7-2-3-9(10)8(4-7)5-11/h2-4H,6H2,1H3. The highest BCUT2D eigenvalue weighted by molar-refractivity contribution is 9.10. The van der Waals surface area contributed by atoms with E-state index in [-0.39, 0.29) is 6.61 Å². The van der Waals surface area contributed by atoms with Crippen LogP contribution in [0, 0.1) is 11.3 Å². The molecule has 0 fully saturated rings. The lowest BCUT2D eigenvalue weighted by atomic mass is 10.1. The molecule has 0 aliphatic carbocycles. The van der Waals surface area contributed by atoms with Crippen molar-refractivity contribution in [2.75, 3.05) is 6.26 Å². The maximum atomic E-state index is 10.7. The molecule has 0 saturated carbocycles. The summed E-state index contributed by atoms with van der Waals surface area (Å²) < 4.78 is 26.7. The van der Waals surface area contributed by atoms with Crippen molar-refractivity contribution in [1.29, 1.82) is 5.26 Å². The first-order chi connectivity index (χ1) is 6.92. The molecule has 1 aromatic carbocycles. The normalized spacial score (nSPS) is 11.0. The second-order valence-corrected chi connectivity index (χ2v) is 5.39. The maximum Gasteiger partial charge on any atom is 0.264 e. The first kappa shape index (κ1) is 12.2. The molecule has 0 heterocycles. The van der Waals surface area contributed by atoms with E-state index >= 15 is 0 Å². The van der Waals surface area contributed by atoms with Gasteiger partial charge in [-0.25, -0.2) is 0 Å². The smallest absolute Gasteiger partial charge is 0.264 e. The third-order valence-corrected chi connectivity index (χ3v) is 2.83. The summed E-state index contributed by atoms with van der Waals surface area (Å²) in [5, 5.41) is 8.73. The monoisotopic (exact) mass is 289 g/mol. The van der Waals surface area contributed by atoms with E-state index in [1.54, 1.807) is 18.2 Å². The fourth-order valence-electron chi connectivity index (χ4n) is 0.923. The van der Waals surface area contributed by atoms with Crippen molar-refractivity contribution in [1.82, 2.24) is 0 Å². The minimum absolute atomic E-state index is 0.0548. The molecule has 0 saturated heterocycles. The maximum absolute atomic E-state index is 10.7. The largest absolute Gasteiger partial charge is 0.265 e. The average Bonchev–Trinajstić information content (AvgIpc) is 2.15. The van der Waals surface area contributed by atoms with E-state index < -0.39 is 10.1 Å². The summed E-state index contributed by atoms with van der Waals surface area (Å²) in [7, 11) is -3.45. The molecular formula is C9H8BrNO3S. The molecule has 0 radical (unpaired) electrons. The number of hydrogen-bond donors (Lipinski definition) is 0. The highest BCUT2D eigenvalue weighted by Crippen LogP contribution is 2.18. The summed E-state index contributed by atoms with van der Waals surface area (Å²) in [5.41, 5.74) is 1.09. The van der Waals surface area contributed by atoms with E-state index in [1.165, 1.54) is 0 Å². The van der Waals surface area contributed by atoms with Crippen molar-refractivity contribution in [3.63, 3.8) is 0 Å². The van der Waals surface area contributed by atoms with Crippen molar-refractivity contribution in [2.45, 2.75) is 6.61 Å². The Morgan fingerprint density at radius 3 is 2.73 bits per heavy atom. The number of hydrogen-bond acceptors (Lipinski definition) is 4. The van der Waals surface area contributed by atoms with E-state index in [9.17, 15) is 8.42 Å². The van der Waals surface area contributed by atoms with Gasteiger partial charge in [0.2, 0.25) is 0 Å². The van der Waals surface area contributed by atoms with E-state index in [4.69, 9.17) is 5.26 Å². The van der Waals surface area contributed by atoms with Crippen LogP contribution in [0.15, 0.2) is 22.7 Å². The summed E-state index contributed by atoms with van der Waals surface area (Å²) >= 11 is 3.20. The van der Waals surface area contributed by atoms with Crippen LogP contribution in [0.2, 0.25) is 0 Å². The van der Waals surface area contributed by atoms with Gasteiger partial charge in [0.25, 0.3) is 10.1 Å².